The Morgan fingerprint density at radius 2 is 1.63 bits per heavy atom. The van der Waals surface area contributed by atoms with Crippen LogP contribution in [0.5, 0.6) is 11.5 Å². The monoisotopic (exact) mass is 403 g/mol. The van der Waals surface area contributed by atoms with Crippen LogP contribution in [0.1, 0.15) is 9.67 Å². The fourth-order valence-electron chi connectivity index (χ4n) is 2.30. The number of rotatable bonds is 6. The molecule has 2 aromatic carbocycles. The highest BCUT2D eigenvalue weighted by Crippen LogP contribution is 2.27. The Labute approximate surface area is 161 Å². The highest BCUT2D eigenvalue weighted by atomic mass is 32.2. The maximum absolute atomic E-state index is 12.8. The summed E-state index contributed by atoms with van der Waals surface area (Å²) >= 11 is 1.02. The van der Waals surface area contributed by atoms with Gasteiger partial charge in [-0.25, -0.2) is 13.2 Å². The molecular formula is C19H17NO5S2. The molecule has 0 radical (unpaired) electrons. The van der Waals surface area contributed by atoms with E-state index in [2.05, 4.69) is 0 Å². The standard InChI is InChI=1S/C19H17NO5S2/c1-20(14-6-4-3-5-7-14)27(22,23)17-12-18(26-13-17)19(21)25-16-10-8-15(24-2)9-11-16/h3-13H,1-2H3. The first-order valence-corrected chi connectivity index (χ1v) is 10.2. The molecule has 0 N–H and O–H groups in total. The number of methoxy groups -OCH3 is 1. The Morgan fingerprint density at radius 3 is 2.26 bits per heavy atom. The van der Waals surface area contributed by atoms with Crippen LogP contribution in [0.15, 0.2) is 70.9 Å². The van der Waals surface area contributed by atoms with Gasteiger partial charge in [0.15, 0.2) is 0 Å². The van der Waals surface area contributed by atoms with Gasteiger partial charge in [0, 0.05) is 12.4 Å². The summed E-state index contributed by atoms with van der Waals surface area (Å²) in [5.74, 6) is 0.372. The highest BCUT2D eigenvalue weighted by molar-refractivity contribution is 7.93. The van der Waals surface area contributed by atoms with Crippen LogP contribution < -0.4 is 13.8 Å². The minimum atomic E-state index is -3.77. The van der Waals surface area contributed by atoms with Crippen LogP contribution in [0.3, 0.4) is 0 Å². The van der Waals surface area contributed by atoms with Gasteiger partial charge in [-0.2, -0.15) is 0 Å². The zero-order chi connectivity index (χ0) is 19.4. The zero-order valence-corrected chi connectivity index (χ0v) is 16.3. The fourth-order valence-corrected chi connectivity index (χ4v) is 4.63. The number of nitrogens with zero attached hydrogens (tertiary/aromatic N) is 1. The van der Waals surface area contributed by atoms with E-state index in [1.54, 1.807) is 55.6 Å². The molecular weight excluding hydrogens is 386 g/mol. The second-order valence-electron chi connectivity index (χ2n) is 5.52. The number of ether oxygens (including phenoxy) is 2. The van der Waals surface area contributed by atoms with Crippen molar-refractivity contribution in [3.63, 3.8) is 0 Å². The molecule has 140 valence electrons. The lowest BCUT2D eigenvalue weighted by atomic mass is 10.3. The topological polar surface area (TPSA) is 72.9 Å². The fraction of sp³-hybridized carbons (Fsp3) is 0.105. The number of esters is 1. The van der Waals surface area contributed by atoms with E-state index in [9.17, 15) is 13.2 Å². The summed E-state index contributed by atoms with van der Waals surface area (Å²) in [6, 6.07) is 16.6. The SMILES string of the molecule is COc1ccc(OC(=O)c2cc(S(=O)(=O)N(C)c3ccccc3)cs2)cc1. The Morgan fingerprint density at radius 1 is 1.00 bits per heavy atom. The molecule has 0 aliphatic rings. The number of anilines is 1. The lowest BCUT2D eigenvalue weighted by Crippen LogP contribution is -2.26. The molecule has 0 amide bonds. The molecule has 27 heavy (non-hydrogen) atoms. The Bertz CT molecular complexity index is 1030. The van der Waals surface area contributed by atoms with Crippen molar-refractivity contribution in [2.45, 2.75) is 4.90 Å². The molecule has 0 aliphatic carbocycles. The van der Waals surface area contributed by atoms with E-state index in [0.717, 1.165) is 11.3 Å². The first kappa shape index (κ1) is 18.9. The van der Waals surface area contributed by atoms with Gasteiger partial charge in [0.25, 0.3) is 10.0 Å². The molecule has 0 aliphatic heterocycles. The van der Waals surface area contributed by atoms with Crippen molar-refractivity contribution in [1.29, 1.82) is 0 Å². The summed E-state index contributed by atoms with van der Waals surface area (Å²) in [6.45, 7) is 0. The van der Waals surface area contributed by atoms with Crippen LogP contribution >= 0.6 is 11.3 Å². The van der Waals surface area contributed by atoms with Crippen molar-refractivity contribution >= 4 is 33.0 Å². The van der Waals surface area contributed by atoms with Crippen LogP contribution in [-0.2, 0) is 10.0 Å². The molecule has 3 aromatic rings. The lowest BCUT2D eigenvalue weighted by Gasteiger charge is -2.18. The number of hydrogen-bond donors (Lipinski definition) is 0. The molecule has 0 atom stereocenters. The highest BCUT2D eigenvalue weighted by Gasteiger charge is 2.24. The summed E-state index contributed by atoms with van der Waals surface area (Å²) in [5.41, 5.74) is 0.533. The van der Waals surface area contributed by atoms with E-state index in [1.165, 1.54) is 22.8 Å². The number of carbonyl (C=O) groups excluding carboxylic acids is 1. The Hall–Kier alpha value is -2.84. The van der Waals surface area contributed by atoms with E-state index in [4.69, 9.17) is 9.47 Å². The van der Waals surface area contributed by atoms with Gasteiger partial charge in [0.05, 0.1) is 17.7 Å². The van der Waals surface area contributed by atoms with Gasteiger partial charge in [-0.15, -0.1) is 11.3 Å². The first-order chi connectivity index (χ1) is 12.9. The molecule has 6 nitrogen and oxygen atoms in total. The number of hydrogen-bond acceptors (Lipinski definition) is 6. The quantitative estimate of drug-likeness (QED) is 0.462. The third-order valence-corrected chi connectivity index (χ3v) is 6.65. The molecule has 0 bridgehead atoms. The maximum atomic E-state index is 12.8. The average molecular weight is 403 g/mol. The molecule has 1 heterocycles. The third kappa shape index (κ3) is 4.12. The van der Waals surface area contributed by atoms with E-state index in [1.807, 2.05) is 6.07 Å². The van der Waals surface area contributed by atoms with Crippen LogP contribution in [0.2, 0.25) is 0 Å². The van der Waals surface area contributed by atoms with Crippen molar-refractivity contribution in [1.82, 2.24) is 0 Å². The average Bonchev–Trinajstić information content (AvgIpc) is 3.20. The molecule has 0 spiro atoms. The van der Waals surface area contributed by atoms with E-state index < -0.39 is 16.0 Å². The van der Waals surface area contributed by atoms with Gasteiger partial charge in [-0.3, -0.25) is 4.31 Å². The Kier molecular flexibility index (Phi) is 5.48. The number of sulfonamides is 1. The van der Waals surface area contributed by atoms with E-state index in [0.29, 0.717) is 17.2 Å². The van der Waals surface area contributed by atoms with Crippen molar-refractivity contribution in [2.24, 2.45) is 0 Å². The van der Waals surface area contributed by atoms with Crippen LogP contribution in [-0.4, -0.2) is 28.5 Å². The van der Waals surface area contributed by atoms with Crippen molar-refractivity contribution < 1.29 is 22.7 Å². The summed E-state index contributed by atoms with van der Waals surface area (Å²) in [6.07, 6.45) is 0. The number of carbonyl (C=O) groups is 1. The number of para-hydroxylation sites is 1. The van der Waals surface area contributed by atoms with Crippen molar-refractivity contribution in [3.05, 3.63) is 70.9 Å². The molecule has 0 saturated heterocycles. The predicted octanol–water partition coefficient (Wildman–Crippen LogP) is 3.80. The lowest BCUT2D eigenvalue weighted by molar-refractivity contribution is 0.0739. The minimum absolute atomic E-state index is 0.0422. The molecule has 3 rings (SSSR count). The molecule has 8 heteroatoms. The zero-order valence-electron chi connectivity index (χ0n) is 14.7. The Balaban J connectivity index is 1.77. The molecule has 0 saturated carbocycles. The van der Waals surface area contributed by atoms with Gasteiger partial charge in [-0.1, -0.05) is 18.2 Å². The second-order valence-corrected chi connectivity index (χ2v) is 8.40. The van der Waals surface area contributed by atoms with Gasteiger partial charge in [0.2, 0.25) is 0 Å². The van der Waals surface area contributed by atoms with Crippen LogP contribution in [0.25, 0.3) is 0 Å². The van der Waals surface area contributed by atoms with Gasteiger partial charge in [-0.05, 0) is 42.5 Å². The van der Waals surface area contributed by atoms with E-state index in [-0.39, 0.29) is 9.77 Å². The predicted molar refractivity (Wildman–Crippen MR) is 104 cm³/mol. The van der Waals surface area contributed by atoms with Crippen LogP contribution in [0, 0.1) is 0 Å². The summed E-state index contributed by atoms with van der Waals surface area (Å²) < 4.78 is 37.0. The maximum Gasteiger partial charge on any atom is 0.353 e. The smallest absolute Gasteiger partial charge is 0.353 e. The second kappa shape index (κ2) is 7.81. The third-order valence-electron chi connectivity index (χ3n) is 3.82. The number of thiophene rings is 1. The van der Waals surface area contributed by atoms with Gasteiger partial charge >= 0.3 is 5.97 Å². The summed E-state index contributed by atoms with van der Waals surface area (Å²) in [4.78, 5) is 12.5. The molecule has 0 fully saturated rings. The summed E-state index contributed by atoms with van der Waals surface area (Å²) in [5, 5.41) is 1.43. The summed E-state index contributed by atoms with van der Waals surface area (Å²) in [7, 11) is -0.754. The van der Waals surface area contributed by atoms with Crippen LogP contribution in [0.4, 0.5) is 5.69 Å². The van der Waals surface area contributed by atoms with Crippen molar-refractivity contribution in [2.75, 3.05) is 18.5 Å². The van der Waals surface area contributed by atoms with E-state index >= 15 is 0 Å². The normalized spacial score (nSPS) is 11.0. The van der Waals surface area contributed by atoms with Gasteiger partial charge < -0.3 is 9.47 Å². The van der Waals surface area contributed by atoms with Gasteiger partial charge in [0.1, 0.15) is 16.4 Å². The minimum Gasteiger partial charge on any atom is -0.497 e. The molecule has 1 aromatic heterocycles. The molecule has 0 unspecified atom stereocenters. The number of benzene rings is 2. The first-order valence-electron chi connectivity index (χ1n) is 7.90. The van der Waals surface area contributed by atoms with Crippen molar-refractivity contribution in [3.8, 4) is 11.5 Å². The largest absolute Gasteiger partial charge is 0.497 e.